The number of rotatable bonds is 12. The second-order valence-electron chi connectivity index (χ2n) is 8.22. The number of aromatic nitrogens is 2. The number of nitrogens with two attached hydrogens (primary N) is 1. The van der Waals surface area contributed by atoms with E-state index in [4.69, 9.17) is 10.5 Å². The molecule has 0 saturated heterocycles. The Labute approximate surface area is 199 Å². The molecule has 0 aliphatic carbocycles. The highest BCUT2D eigenvalue weighted by Crippen LogP contribution is 2.29. The molecule has 5 N–H and O–H groups in total. The zero-order valence-corrected chi connectivity index (χ0v) is 19.6. The molecule has 0 amide bonds. The van der Waals surface area contributed by atoms with Crippen molar-refractivity contribution in [3.63, 3.8) is 0 Å². The fraction of sp³-hybridized carbons (Fsp3) is 0.346. The molecule has 0 aliphatic rings. The minimum absolute atomic E-state index is 0.0455. The van der Waals surface area contributed by atoms with Gasteiger partial charge in [0.2, 0.25) is 5.95 Å². The number of nitrogen functional groups attached to an aromatic ring is 1. The summed E-state index contributed by atoms with van der Waals surface area (Å²) in [5.41, 5.74) is 10.1. The van der Waals surface area contributed by atoms with Crippen LogP contribution in [0.5, 0.6) is 5.75 Å². The molecule has 34 heavy (non-hydrogen) atoms. The summed E-state index contributed by atoms with van der Waals surface area (Å²) >= 11 is 0. The van der Waals surface area contributed by atoms with Crippen molar-refractivity contribution in [2.24, 2.45) is 0 Å². The first kappa shape index (κ1) is 25.0. The second-order valence-corrected chi connectivity index (χ2v) is 8.22. The van der Waals surface area contributed by atoms with E-state index in [1.54, 1.807) is 12.1 Å². The maximum absolute atomic E-state index is 11.2. The lowest BCUT2D eigenvalue weighted by Gasteiger charge is -2.21. The first-order valence-corrected chi connectivity index (χ1v) is 11.4. The number of ether oxygens (including phenoxy) is 1. The van der Waals surface area contributed by atoms with Gasteiger partial charge in [-0.25, -0.2) is 4.98 Å². The highest BCUT2D eigenvalue weighted by molar-refractivity contribution is 5.70. The van der Waals surface area contributed by atoms with Crippen molar-refractivity contribution in [2.75, 3.05) is 17.7 Å². The van der Waals surface area contributed by atoms with E-state index in [9.17, 15) is 15.0 Å². The maximum atomic E-state index is 11.2. The molecule has 3 rings (SSSR count). The van der Waals surface area contributed by atoms with Gasteiger partial charge in [0.05, 0.1) is 6.42 Å². The average Bonchev–Trinajstić information content (AvgIpc) is 2.80. The molecule has 180 valence electrons. The summed E-state index contributed by atoms with van der Waals surface area (Å²) in [4.78, 5) is 20.0. The number of aryl methyl sites for hydroxylation is 1. The molecule has 3 aromatic rings. The van der Waals surface area contributed by atoms with Gasteiger partial charge >= 0.3 is 5.97 Å². The lowest BCUT2D eigenvalue weighted by Crippen LogP contribution is -2.22. The number of benzene rings is 2. The van der Waals surface area contributed by atoms with E-state index in [0.29, 0.717) is 36.6 Å². The number of carboxylic acid groups (broad SMARTS) is 1. The van der Waals surface area contributed by atoms with Gasteiger partial charge in [-0.3, -0.25) is 4.79 Å². The maximum Gasteiger partial charge on any atom is 0.307 e. The number of carbonyl (C=O) groups is 1. The van der Waals surface area contributed by atoms with Crippen LogP contribution in [-0.2, 0) is 24.2 Å². The molecule has 2 aromatic carbocycles. The molecule has 1 atom stereocenters. The highest BCUT2D eigenvalue weighted by atomic mass is 16.5. The zero-order valence-electron chi connectivity index (χ0n) is 19.6. The van der Waals surface area contributed by atoms with E-state index in [1.807, 2.05) is 50.2 Å². The van der Waals surface area contributed by atoms with E-state index in [0.717, 1.165) is 28.8 Å². The Kier molecular flexibility index (Phi) is 8.81. The Morgan fingerprint density at radius 2 is 1.91 bits per heavy atom. The van der Waals surface area contributed by atoms with Crippen LogP contribution >= 0.6 is 0 Å². The average molecular weight is 465 g/mol. The fourth-order valence-corrected chi connectivity index (χ4v) is 3.77. The predicted molar refractivity (Wildman–Crippen MR) is 132 cm³/mol. The highest BCUT2D eigenvalue weighted by Gasteiger charge is 2.17. The van der Waals surface area contributed by atoms with Crippen LogP contribution in [0.4, 0.5) is 11.8 Å². The van der Waals surface area contributed by atoms with E-state index < -0.39 is 5.97 Å². The Balaban J connectivity index is 1.94. The largest absolute Gasteiger partial charge is 0.489 e. The van der Waals surface area contributed by atoms with Crippen LogP contribution in [-0.4, -0.2) is 38.8 Å². The number of nitrogens with zero attached hydrogens (tertiary/aromatic N) is 2. The molecule has 0 spiro atoms. The van der Waals surface area contributed by atoms with Gasteiger partial charge < -0.3 is 26.0 Å². The van der Waals surface area contributed by atoms with Crippen LogP contribution in [0.15, 0.2) is 48.5 Å². The number of aliphatic hydroxyl groups is 1. The van der Waals surface area contributed by atoms with Crippen LogP contribution in [0.25, 0.3) is 0 Å². The van der Waals surface area contributed by atoms with Crippen molar-refractivity contribution in [2.45, 2.75) is 52.2 Å². The molecular weight excluding hydrogens is 432 g/mol. The molecule has 8 heteroatoms. The van der Waals surface area contributed by atoms with Gasteiger partial charge in [0.15, 0.2) is 0 Å². The SMILES string of the molecule is CCC(CCO)Nc1nc(N)nc(C)c1Cc1ccc(CC(=O)O)cc1OCc1ccccc1. The Bertz CT molecular complexity index is 1110. The second kappa shape index (κ2) is 12.0. The summed E-state index contributed by atoms with van der Waals surface area (Å²) in [6.45, 7) is 4.36. The minimum Gasteiger partial charge on any atom is -0.489 e. The monoisotopic (exact) mass is 464 g/mol. The van der Waals surface area contributed by atoms with E-state index in [2.05, 4.69) is 15.3 Å². The van der Waals surface area contributed by atoms with Gasteiger partial charge in [0.1, 0.15) is 18.2 Å². The van der Waals surface area contributed by atoms with Gasteiger partial charge in [0, 0.05) is 30.3 Å². The molecule has 0 bridgehead atoms. The van der Waals surface area contributed by atoms with Crippen LogP contribution in [0.1, 0.15) is 47.7 Å². The third-order valence-corrected chi connectivity index (χ3v) is 5.63. The summed E-state index contributed by atoms with van der Waals surface area (Å²) in [6.07, 6.45) is 1.80. The van der Waals surface area contributed by atoms with Crippen molar-refractivity contribution < 1.29 is 19.7 Å². The first-order chi connectivity index (χ1) is 16.4. The standard InChI is InChI=1S/C26H32N4O4/c1-3-21(11-12-31)29-25-22(17(2)28-26(27)30-25)15-20-10-9-19(14-24(32)33)13-23(20)34-16-18-7-5-4-6-8-18/h4-10,13,21,31H,3,11-12,14-16H2,1-2H3,(H,32,33)(H3,27,28,29,30). The lowest BCUT2D eigenvalue weighted by atomic mass is 10.00. The molecule has 0 aliphatic heterocycles. The van der Waals surface area contributed by atoms with E-state index in [-0.39, 0.29) is 25.0 Å². The normalized spacial score (nSPS) is 11.7. The van der Waals surface area contributed by atoms with Crippen molar-refractivity contribution in [3.8, 4) is 5.75 Å². The molecule has 8 nitrogen and oxygen atoms in total. The summed E-state index contributed by atoms with van der Waals surface area (Å²) in [6, 6.07) is 15.3. The number of hydrogen-bond donors (Lipinski definition) is 4. The van der Waals surface area contributed by atoms with Gasteiger partial charge in [-0.15, -0.1) is 0 Å². The Morgan fingerprint density at radius 3 is 2.59 bits per heavy atom. The van der Waals surface area contributed by atoms with Crippen LogP contribution in [0.2, 0.25) is 0 Å². The van der Waals surface area contributed by atoms with Crippen molar-refractivity contribution in [1.29, 1.82) is 0 Å². The van der Waals surface area contributed by atoms with Crippen LogP contribution in [0, 0.1) is 6.92 Å². The van der Waals surface area contributed by atoms with Crippen LogP contribution < -0.4 is 15.8 Å². The number of hydrogen-bond acceptors (Lipinski definition) is 7. The summed E-state index contributed by atoms with van der Waals surface area (Å²) in [7, 11) is 0. The van der Waals surface area contributed by atoms with Crippen LogP contribution in [0.3, 0.4) is 0 Å². The molecule has 1 unspecified atom stereocenters. The quantitative estimate of drug-likeness (QED) is 0.319. The Morgan fingerprint density at radius 1 is 1.15 bits per heavy atom. The Hall–Kier alpha value is -3.65. The molecular formula is C26H32N4O4. The number of carboxylic acids is 1. The van der Waals surface area contributed by atoms with E-state index >= 15 is 0 Å². The fourth-order valence-electron chi connectivity index (χ4n) is 3.77. The molecule has 1 aromatic heterocycles. The number of aliphatic hydroxyl groups excluding tert-OH is 1. The summed E-state index contributed by atoms with van der Waals surface area (Å²) < 4.78 is 6.15. The van der Waals surface area contributed by atoms with Gasteiger partial charge in [0.25, 0.3) is 0 Å². The summed E-state index contributed by atoms with van der Waals surface area (Å²) in [5.74, 6) is 0.534. The first-order valence-electron chi connectivity index (χ1n) is 11.4. The minimum atomic E-state index is -0.898. The van der Waals surface area contributed by atoms with E-state index in [1.165, 1.54) is 0 Å². The molecule has 0 radical (unpaired) electrons. The number of anilines is 2. The van der Waals surface area contributed by atoms with Crippen molar-refractivity contribution in [1.82, 2.24) is 9.97 Å². The molecule has 1 heterocycles. The van der Waals surface area contributed by atoms with Gasteiger partial charge in [-0.2, -0.15) is 4.98 Å². The smallest absolute Gasteiger partial charge is 0.307 e. The van der Waals surface area contributed by atoms with Gasteiger partial charge in [-0.05, 0) is 42.5 Å². The lowest BCUT2D eigenvalue weighted by molar-refractivity contribution is -0.136. The van der Waals surface area contributed by atoms with Crippen molar-refractivity contribution >= 4 is 17.7 Å². The number of aliphatic carboxylic acids is 1. The van der Waals surface area contributed by atoms with Gasteiger partial charge in [-0.1, -0.05) is 49.4 Å². The van der Waals surface area contributed by atoms with Crippen molar-refractivity contribution in [3.05, 3.63) is 76.5 Å². The topological polar surface area (TPSA) is 131 Å². The predicted octanol–water partition coefficient (Wildman–Crippen LogP) is 3.74. The zero-order chi connectivity index (χ0) is 24.5. The molecule has 0 fully saturated rings. The third-order valence-electron chi connectivity index (χ3n) is 5.63. The number of nitrogens with one attached hydrogen (secondary N) is 1. The summed E-state index contributed by atoms with van der Waals surface area (Å²) in [5, 5.41) is 22.0. The third kappa shape index (κ3) is 6.92. The molecule has 0 saturated carbocycles.